The summed E-state index contributed by atoms with van der Waals surface area (Å²) in [6.45, 7) is 6.63. The Kier molecular flexibility index (Phi) is 9.50. The summed E-state index contributed by atoms with van der Waals surface area (Å²) < 4.78 is 11.4. The van der Waals surface area contributed by atoms with Crippen molar-refractivity contribution >= 4 is 0 Å². The summed E-state index contributed by atoms with van der Waals surface area (Å²) in [5.41, 5.74) is 0. The van der Waals surface area contributed by atoms with Crippen molar-refractivity contribution < 1.29 is 14.6 Å². The molecule has 0 unspecified atom stereocenters. The van der Waals surface area contributed by atoms with E-state index in [0.29, 0.717) is 0 Å². The average molecular weight is 328 g/mol. The number of unbranched alkanes of at least 4 members (excludes halogenated alkanes) is 7. The number of morpholine rings is 1. The van der Waals surface area contributed by atoms with Crippen LogP contribution in [0, 0.1) is 0 Å². The topological polar surface area (TPSA) is 41.9 Å². The number of ether oxygens (including phenoxy) is 2. The lowest BCUT2D eigenvalue weighted by molar-refractivity contribution is -0.0120. The molecular weight excluding hydrogens is 290 g/mol. The van der Waals surface area contributed by atoms with Crippen molar-refractivity contribution in [3.63, 3.8) is 0 Å². The highest BCUT2D eigenvalue weighted by Crippen LogP contribution is 2.27. The summed E-state index contributed by atoms with van der Waals surface area (Å²) in [6, 6.07) is 0.280. The molecule has 4 nitrogen and oxygen atoms in total. The van der Waals surface area contributed by atoms with Gasteiger partial charge < -0.3 is 14.6 Å². The standard InChI is InChI=1S/C19H37NO3/c1-2-3-4-5-6-7-8-9-12-23-17-15-18(19(21)16-17)20-10-13-22-14-11-20/h17-19,21H,2-16H2,1H3/t17-,18-,19-/m0/s1. The van der Waals surface area contributed by atoms with Crippen molar-refractivity contribution in [3.05, 3.63) is 0 Å². The van der Waals surface area contributed by atoms with Gasteiger partial charge in [-0.1, -0.05) is 51.9 Å². The molecular formula is C19H37NO3. The number of rotatable bonds is 11. The Balaban J connectivity index is 1.48. The van der Waals surface area contributed by atoms with Crippen LogP contribution < -0.4 is 0 Å². The molecule has 1 heterocycles. The van der Waals surface area contributed by atoms with Crippen LogP contribution in [0.4, 0.5) is 0 Å². The predicted octanol–water partition coefficient (Wildman–Crippen LogP) is 3.37. The number of hydrogen-bond acceptors (Lipinski definition) is 4. The molecule has 0 aromatic carbocycles. The second kappa shape index (κ2) is 11.4. The number of aliphatic hydroxyl groups excluding tert-OH is 1. The molecule has 136 valence electrons. The number of aliphatic hydroxyl groups is 1. The van der Waals surface area contributed by atoms with Crippen molar-refractivity contribution in [2.45, 2.75) is 89.4 Å². The predicted molar refractivity (Wildman–Crippen MR) is 93.8 cm³/mol. The molecule has 0 amide bonds. The maximum atomic E-state index is 10.3. The minimum Gasteiger partial charge on any atom is -0.391 e. The Labute approximate surface area is 142 Å². The lowest BCUT2D eigenvalue weighted by Gasteiger charge is -2.33. The molecule has 2 aliphatic rings. The van der Waals surface area contributed by atoms with Gasteiger partial charge in [0.15, 0.2) is 0 Å². The van der Waals surface area contributed by atoms with Crippen LogP contribution in [0.5, 0.6) is 0 Å². The van der Waals surface area contributed by atoms with E-state index in [-0.39, 0.29) is 18.2 Å². The maximum Gasteiger partial charge on any atom is 0.0721 e. The minimum atomic E-state index is -0.225. The van der Waals surface area contributed by atoms with E-state index in [1.165, 1.54) is 51.4 Å². The Bertz CT molecular complexity index is 294. The fourth-order valence-electron chi connectivity index (χ4n) is 3.87. The van der Waals surface area contributed by atoms with Gasteiger partial charge in [-0.2, -0.15) is 0 Å². The number of hydrogen-bond donors (Lipinski definition) is 1. The van der Waals surface area contributed by atoms with Gasteiger partial charge in [-0.05, 0) is 12.8 Å². The van der Waals surface area contributed by atoms with E-state index in [1.807, 2.05) is 0 Å². The van der Waals surface area contributed by atoms with Gasteiger partial charge in [0.2, 0.25) is 0 Å². The van der Waals surface area contributed by atoms with Crippen molar-refractivity contribution in [3.8, 4) is 0 Å². The van der Waals surface area contributed by atoms with Crippen LogP contribution in [-0.4, -0.2) is 61.2 Å². The molecule has 1 aliphatic carbocycles. The SMILES string of the molecule is CCCCCCCCCCO[C@@H]1C[C@H](O)[C@@H](N2CCOCC2)C1. The Morgan fingerprint density at radius 1 is 0.957 bits per heavy atom. The molecule has 0 bridgehead atoms. The molecule has 0 aromatic heterocycles. The van der Waals surface area contributed by atoms with Crippen LogP contribution in [0.1, 0.15) is 71.1 Å². The van der Waals surface area contributed by atoms with E-state index in [1.54, 1.807) is 0 Å². The molecule has 23 heavy (non-hydrogen) atoms. The maximum absolute atomic E-state index is 10.3. The molecule has 2 rings (SSSR count). The second-order valence-electron chi connectivity index (χ2n) is 7.22. The van der Waals surface area contributed by atoms with Crippen LogP contribution >= 0.6 is 0 Å². The van der Waals surface area contributed by atoms with E-state index < -0.39 is 0 Å². The summed E-state index contributed by atoms with van der Waals surface area (Å²) >= 11 is 0. The molecule has 1 saturated carbocycles. The number of nitrogens with zero attached hydrogens (tertiary/aromatic N) is 1. The molecule has 3 atom stereocenters. The first kappa shape index (κ1) is 19.2. The van der Waals surface area contributed by atoms with Gasteiger partial charge in [-0.25, -0.2) is 0 Å². The molecule has 2 fully saturated rings. The summed E-state index contributed by atoms with van der Waals surface area (Å²) in [6.07, 6.45) is 12.5. The van der Waals surface area contributed by atoms with Crippen LogP contribution in [0.2, 0.25) is 0 Å². The molecule has 0 aromatic rings. The van der Waals surface area contributed by atoms with Crippen LogP contribution in [0.3, 0.4) is 0 Å². The van der Waals surface area contributed by atoms with E-state index in [0.717, 1.165) is 45.8 Å². The Hall–Kier alpha value is -0.160. The molecule has 0 radical (unpaired) electrons. The van der Waals surface area contributed by atoms with Crippen molar-refractivity contribution in [2.75, 3.05) is 32.9 Å². The third-order valence-corrected chi connectivity index (χ3v) is 5.32. The lowest BCUT2D eigenvalue weighted by Crippen LogP contribution is -2.46. The molecule has 4 heteroatoms. The van der Waals surface area contributed by atoms with Crippen molar-refractivity contribution in [1.82, 2.24) is 4.90 Å². The highest BCUT2D eigenvalue weighted by atomic mass is 16.5. The third-order valence-electron chi connectivity index (χ3n) is 5.32. The highest BCUT2D eigenvalue weighted by Gasteiger charge is 2.37. The van der Waals surface area contributed by atoms with Gasteiger partial charge in [-0.15, -0.1) is 0 Å². The van der Waals surface area contributed by atoms with Gasteiger partial charge in [-0.3, -0.25) is 4.90 Å². The van der Waals surface area contributed by atoms with Gasteiger partial charge in [0.1, 0.15) is 0 Å². The molecule has 1 N–H and O–H groups in total. The van der Waals surface area contributed by atoms with E-state index in [9.17, 15) is 5.11 Å². The summed E-state index contributed by atoms with van der Waals surface area (Å²) in [5, 5.41) is 10.3. The Morgan fingerprint density at radius 2 is 1.61 bits per heavy atom. The van der Waals surface area contributed by atoms with Crippen LogP contribution in [0.25, 0.3) is 0 Å². The highest BCUT2D eigenvalue weighted by molar-refractivity contribution is 4.91. The van der Waals surface area contributed by atoms with Crippen molar-refractivity contribution in [2.24, 2.45) is 0 Å². The monoisotopic (exact) mass is 327 g/mol. The second-order valence-corrected chi connectivity index (χ2v) is 7.22. The minimum absolute atomic E-state index is 0.225. The summed E-state index contributed by atoms with van der Waals surface area (Å²) in [4.78, 5) is 2.38. The third kappa shape index (κ3) is 7.08. The van der Waals surface area contributed by atoms with Gasteiger partial charge in [0.25, 0.3) is 0 Å². The largest absolute Gasteiger partial charge is 0.391 e. The average Bonchev–Trinajstić information content (AvgIpc) is 2.95. The van der Waals surface area contributed by atoms with Crippen molar-refractivity contribution in [1.29, 1.82) is 0 Å². The van der Waals surface area contributed by atoms with E-state index >= 15 is 0 Å². The normalized spacial score (nSPS) is 29.2. The van der Waals surface area contributed by atoms with Gasteiger partial charge in [0.05, 0.1) is 25.4 Å². The van der Waals surface area contributed by atoms with Gasteiger partial charge >= 0.3 is 0 Å². The first-order valence-corrected chi connectivity index (χ1v) is 9.92. The zero-order valence-corrected chi connectivity index (χ0v) is 15.0. The van der Waals surface area contributed by atoms with E-state index in [4.69, 9.17) is 9.47 Å². The fraction of sp³-hybridized carbons (Fsp3) is 1.00. The first-order chi connectivity index (χ1) is 11.3. The fourth-order valence-corrected chi connectivity index (χ4v) is 3.87. The van der Waals surface area contributed by atoms with Crippen LogP contribution in [0.15, 0.2) is 0 Å². The molecule has 0 spiro atoms. The molecule has 1 saturated heterocycles. The summed E-state index contributed by atoms with van der Waals surface area (Å²) in [5.74, 6) is 0. The zero-order chi connectivity index (χ0) is 16.3. The Morgan fingerprint density at radius 3 is 2.30 bits per heavy atom. The quantitative estimate of drug-likeness (QED) is 0.591. The zero-order valence-electron chi connectivity index (χ0n) is 15.0. The van der Waals surface area contributed by atoms with E-state index in [2.05, 4.69) is 11.8 Å². The lowest BCUT2D eigenvalue weighted by atomic mass is 10.1. The summed E-state index contributed by atoms with van der Waals surface area (Å²) in [7, 11) is 0. The first-order valence-electron chi connectivity index (χ1n) is 9.92. The van der Waals surface area contributed by atoms with Gasteiger partial charge in [0, 0.05) is 32.2 Å². The van der Waals surface area contributed by atoms with Crippen LogP contribution in [-0.2, 0) is 9.47 Å². The smallest absolute Gasteiger partial charge is 0.0721 e. The molecule has 1 aliphatic heterocycles.